The van der Waals surface area contributed by atoms with Crippen molar-refractivity contribution in [3.63, 3.8) is 0 Å². The number of carbonyl (C=O) groups excluding carboxylic acids is 1. The van der Waals surface area contributed by atoms with Gasteiger partial charge in [0.1, 0.15) is 5.56 Å². The third-order valence-corrected chi connectivity index (χ3v) is 7.35. The summed E-state index contributed by atoms with van der Waals surface area (Å²) in [6, 6.07) is 7.62. The van der Waals surface area contributed by atoms with Crippen LogP contribution in [0.15, 0.2) is 42.5 Å². The number of likely N-dealkylation sites (tertiary alicyclic amines) is 1. The van der Waals surface area contributed by atoms with Gasteiger partial charge in [0.25, 0.3) is 5.69 Å². The van der Waals surface area contributed by atoms with Gasteiger partial charge in [-0.2, -0.15) is 26.3 Å². The van der Waals surface area contributed by atoms with Gasteiger partial charge in [0.2, 0.25) is 5.91 Å². The number of hydrogen-bond acceptors (Lipinski definition) is 5. The first-order valence-electron chi connectivity index (χ1n) is 12.6. The largest absolute Gasteiger partial charge is 0.423 e. The number of nitrogens with zero attached hydrogens (tertiary/aromatic N) is 3. The lowest BCUT2D eigenvalue weighted by atomic mass is 9.91. The molecule has 0 saturated carbocycles. The zero-order valence-corrected chi connectivity index (χ0v) is 20.9. The molecule has 2 aliphatic heterocycles. The van der Waals surface area contributed by atoms with Crippen molar-refractivity contribution in [2.24, 2.45) is 5.92 Å². The van der Waals surface area contributed by atoms with Crippen molar-refractivity contribution in [3.05, 3.63) is 63.7 Å². The highest BCUT2D eigenvalue weighted by Crippen LogP contribution is 2.38. The zero-order valence-electron chi connectivity index (χ0n) is 20.9. The van der Waals surface area contributed by atoms with Gasteiger partial charge in [-0.25, -0.2) is 0 Å². The Morgan fingerprint density at radius 3 is 2.21 bits per heavy atom. The molecule has 1 N–H and O–H groups in total. The molecule has 212 valence electrons. The van der Waals surface area contributed by atoms with E-state index >= 15 is 0 Å². The standard InChI is InChI=1S/C26H28F6N4O3/c27-25(28,29)18-2-5-21(6-3-18)34-12-9-17(10-13-34)1-8-24(37)35-14-11-20(16-35)33-19-4-7-23(36(38)39)22(15-19)26(30,31)32/h2-7,15,17,20,33H,1,8-14,16H2/t20-/m1/s1. The van der Waals surface area contributed by atoms with Crippen LogP contribution in [0, 0.1) is 16.0 Å². The van der Waals surface area contributed by atoms with E-state index in [2.05, 4.69) is 5.32 Å². The van der Waals surface area contributed by atoms with Crippen LogP contribution in [0.2, 0.25) is 0 Å². The number of halogens is 6. The number of anilines is 2. The fourth-order valence-electron chi connectivity index (χ4n) is 5.18. The number of benzene rings is 2. The molecule has 0 radical (unpaired) electrons. The van der Waals surface area contributed by atoms with Crippen molar-refractivity contribution >= 4 is 23.0 Å². The first-order chi connectivity index (χ1) is 18.3. The Labute approximate surface area is 220 Å². The molecule has 2 fully saturated rings. The molecule has 2 aromatic rings. The second-order valence-electron chi connectivity index (χ2n) is 9.97. The lowest BCUT2D eigenvalue weighted by Gasteiger charge is -2.34. The van der Waals surface area contributed by atoms with E-state index in [1.807, 2.05) is 4.90 Å². The van der Waals surface area contributed by atoms with E-state index in [1.54, 1.807) is 4.90 Å². The molecule has 0 aromatic heterocycles. The molecule has 0 bridgehead atoms. The Balaban J connectivity index is 1.22. The number of hydrogen-bond donors (Lipinski definition) is 1. The van der Waals surface area contributed by atoms with Gasteiger partial charge in [0.05, 0.1) is 10.5 Å². The highest BCUT2D eigenvalue weighted by atomic mass is 19.4. The average molecular weight is 559 g/mol. The zero-order chi connectivity index (χ0) is 28.4. The number of alkyl halides is 6. The van der Waals surface area contributed by atoms with Crippen molar-refractivity contribution in [1.82, 2.24) is 4.90 Å². The van der Waals surface area contributed by atoms with E-state index in [4.69, 9.17) is 0 Å². The maximum atomic E-state index is 13.2. The van der Waals surface area contributed by atoms with Gasteiger partial charge in [0, 0.05) is 56.1 Å². The smallest absolute Gasteiger partial charge is 0.380 e. The van der Waals surface area contributed by atoms with Crippen LogP contribution >= 0.6 is 0 Å². The van der Waals surface area contributed by atoms with Crippen LogP contribution in [-0.2, 0) is 17.1 Å². The first kappa shape index (κ1) is 28.5. The molecule has 0 spiro atoms. The first-order valence-corrected chi connectivity index (χ1v) is 12.6. The molecule has 1 amide bonds. The van der Waals surface area contributed by atoms with Crippen molar-refractivity contribution in [1.29, 1.82) is 0 Å². The topological polar surface area (TPSA) is 78.7 Å². The van der Waals surface area contributed by atoms with Crippen LogP contribution in [0.25, 0.3) is 0 Å². The van der Waals surface area contributed by atoms with Gasteiger partial charge >= 0.3 is 12.4 Å². The second kappa shape index (κ2) is 11.3. The summed E-state index contributed by atoms with van der Waals surface area (Å²) in [7, 11) is 0. The van der Waals surface area contributed by atoms with E-state index < -0.39 is 34.1 Å². The minimum Gasteiger partial charge on any atom is -0.380 e. The average Bonchev–Trinajstić information content (AvgIpc) is 3.35. The number of amides is 1. The highest BCUT2D eigenvalue weighted by molar-refractivity contribution is 5.76. The molecule has 39 heavy (non-hydrogen) atoms. The Morgan fingerprint density at radius 1 is 0.949 bits per heavy atom. The number of nitrogens with one attached hydrogen (secondary N) is 1. The van der Waals surface area contributed by atoms with Crippen LogP contribution in [0.3, 0.4) is 0 Å². The van der Waals surface area contributed by atoms with E-state index in [9.17, 15) is 41.3 Å². The molecule has 2 saturated heterocycles. The Morgan fingerprint density at radius 2 is 1.62 bits per heavy atom. The fourth-order valence-corrected chi connectivity index (χ4v) is 5.18. The lowest BCUT2D eigenvalue weighted by molar-refractivity contribution is -0.388. The quantitative estimate of drug-likeness (QED) is 0.244. The summed E-state index contributed by atoms with van der Waals surface area (Å²) in [6.45, 7) is 2.16. The van der Waals surface area contributed by atoms with Crippen LogP contribution in [-0.4, -0.2) is 48.0 Å². The minimum atomic E-state index is -4.87. The number of carbonyl (C=O) groups is 1. The Hall–Kier alpha value is -3.51. The summed E-state index contributed by atoms with van der Waals surface area (Å²) in [5, 5.41) is 13.9. The third-order valence-electron chi connectivity index (χ3n) is 7.35. The summed E-state index contributed by atoms with van der Waals surface area (Å²) in [6.07, 6.45) is -6.04. The third kappa shape index (κ3) is 7.12. The molecule has 7 nitrogen and oxygen atoms in total. The molecule has 0 aliphatic carbocycles. The fraction of sp³-hybridized carbons (Fsp3) is 0.500. The van der Waals surface area contributed by atoms with Gasteiger partial charge in [0.15, 0.2) is 0 Å². The van der Waals surface area contributed by atoms with E-state index in [0.717, 1.165) is 42.8 Å². The van der Waals surface area contributed by atoms with E-state index in [0.29, 0.717) is 51.4 Å². The highest BCUT2D eigenvalue weighted by Gasteiger charge is 2.39. The van der Waals surface area contributed by atoms with Crippen LogP contribution in [0.5, 0.6) is 0 Å². The predicted octanol–water partition coefficient (Wildman–Crippen LogP) is 6.34. The number of nitro groups is 1. The lowest BCUT2D eigenvalue weighted by Crippen LogP contribution is -2.35. The summed E-state index contributed by atoms with van der Waals surface area (Å²) < 4.78 is 78.1. The van der Waals surface area contributed by atoms with Crippen molar-refractivity contribution < 1.29 is 36.1 Å². The number of nitro benzene ring substituents is 1. The van der Waals surface area contributed by atoms with Crippen LogP contribution in [0.4, 0.5) is 43.4 Å². The summed E-state index contributed by atoms with van der Waals surface area (Å²) >= 11 is 0. The van der Waals surface area contributed by atoms with Gasteiger partial charge in [-0.05, 0) is 68.0 Å². The van der Waals surface area contributed by atoms with E-state index in [-0.39, 0.29) is 17.6 Å². The molecule has 4 rings (SSSR count). The summed E-state index contributed by atoms with van der Waals surface area (Å²) in [4.78, 5) is 26.3. The normalized spacial score (nSPS) is 18.9. The molecule has 2 heterocycles. The minimum absolute atomic E-state index is 0.0378. The Bertz CT molecular complexity index is 1180. The monoisotopic (exact) mass is 558 g/mol. The SMILES string of the molecule is O=C(CCC1CCN(c2ccc(C(F)(F)F)cc2)CC1)N1CC[C@@H](Nc2ccc([N+](=O)[O-])c(C(F)(F)F)c2)C1. The summed E-state index contributed by atoms with van der Waals surface area (Å²) in [5.41, 5.74) is -2.18. The summed E-state index contributed by atoms with van der Waals surface area (Å²) in [5.74, 6) is 0.279. The second-order valence-corrected chi connectivity index (χ2v) is 9.97. The molecular formula is C26H28F6N4O3. The molecule has 0 unspecified atom stereocenters. The molecule has 13 heteroatoms. The predicted molar refractivity (Wildman–Crippen MR) is 132 cm³/mol. The van der Waals surface area contributed by atoms with Crippen LogP contribution in [0.1, 0.15) is 43.2 Å². The van der Waals surface area contributed by atoms with Crippen molar-refractivity contribution in [2.45, 2.75) is 50.5 Å². The Kier molecular flexibility index (Phi) is 8.26. The molecule has 2 aromatic carbocycles. The van der Waals surface area contributed by atoms with Gasteiger partial charge in [-0.1, -0.05) is 0 Å². The molecule has 1 atom stereocenters. The number of piperidine rings is 1. The van der Waals surface area contributed by atoms with Gasteiger partial charge < -0.3 is 15.1 Å². The van der Waals surface area contributed by atoms with Crippen LogP contribution < -0.4 is 10.2 Å². The van der Waals surface area contributed by atoms with Gasteiger partial charge in [-0.15, -0.1) is 0 Å². The van der Waals surface area contributed by atoms with Crippen molar-refractivity contribution in [3.8, 4) is 0 Å². The van der Waals surface area contributed by atoms with Crippen molar-refractivity contribution in [2.75, 3.05) is 36.4 Å². The van der Waals surface area contributed by atoms with Gasteiger partial charge in [-0.3, -0.25) is 14.9 Å². The molecular weight excluding hydrogens is 530 g/mol. The number of rotatable bonds is 7. The maximum absolute atomic E-state index is 13.2. The molecule has 2 aliphatic rings. The maximum Gasteiger partial charge on any atom is 0.423 e. The van der Waals surface area contributed by atoms with E-state index in [1.165, 1.54) is 18.2 Å².